The van der Waals surface area contributed by atoms with Gasteiger partial charge in [0.25, 0.3) is 0 Å². The summed E-state index contributed by atoms with van der Waals surface area (Å²) in [5.74, 6) is 0.104. The van der Waals surface area contributed by atoms with Crippen LogP contribution in [0.4, 0.5) is 0 Å². The molecule has 0 unspecified atom stereocenters. The number of sulfone groups is 1. The minimum atomic E-state index is -3.72. The van der Waals surface area contributed by atoms with Gasteiger partial charge in [-0.25, -0.2) is 8.42 Å². The summed E-state index contributed by atoms with van der Waals surface area (Å²) in [4.78, 5) is 11.8. The normalized spacial score (nSPS) is 12.8. The molecule has 0 spiro atoms. The van der Waals surface area contributed by atoms with E-state index in [1.54, 1.807) is 12.1 Å². The van der Waals surface area contributed by atoms with Gasteiger partial charge in [-0.3, -0.25) is 4.79 Å². The maximum atomic E-state index is 12.9. The Kier molecular flexibility index (Phi) is 5.85. The van der Waals surface area contributed by atoms with Crippen molar-refractivity contribution in [3.8, 4) is 0 Å². The lowest BCUT2D eigenvalue weighted by atomic mass is 10.3. The fraction of sp³-hybridized carbons (Fsp3) is 0.312. The predicted octanol–water partition coefficient (Wildman–Crippen LogP) is 3.36. The zero-order valence-electron chi connectivity index (χ0n) is 12.7. The molecule has 0 aliphatic carbocycles. The maximum absolute atomic E-state index is 12.9. The summed E-state index contributed by atoms with van der Waals surface area (Å²) in [5, 5.41) is 2.12. The summed E-state index contributed by atoms with van der Waals surface area (Å²) in [6.07, 6.45) is 2.46. The van der Waals surface area contributed by atoms with E-state index in [1.165, 1.54) is 30.5 Å². The molecule has 1 N–H and O–H groups in total. The molecule has 5 nitrogen and oxygen atoms in total. The molecular weight excluding hydrogens is 338 g/mol. The van der Waals surface area contributed by atoms with E-state index in [-0.39, 0.29) is 23.1 Å². The van der Waals surface area contributed by atoms with Crippen molar-refractivity contribution in [1.82, 2.24) is 5.32 Å². The van der Waals surface area contributed by atoms with Gasteiger partial charge < -0.3 is 9.73 Å². The second-order valence-corrected chi connectivity index (χ2v) is 7.62. The molecule has 2 rings (SSSR count). The van der Waals surface area contributed by atoms with E-state index in [0.717, 1.165) is 0 Å². The zero-order chi connectivity index (χ0) is 16.9. The number of halogens is 1. The molecule has 0 fully saturated rings. The van der Waals surface area contributed by atoms with Gasteiger partial charge >= 0.3 is 0 Å². The van der Waals surface area contributed by atoms with E-state index >= 15 is 0 Å². The van der Waals surface area contributed by atoms with E-state index in [9.17, 15) is 13.2 Å². The number of nitrogens with one attached hydrogen (secondary N) is 1. The molecule has 2 aromatic rings. The van der Waals surface area contributed by atoms with Crippen molar-refractivity contribution >= 4 is 27.3 Å². The first-order valence-electron chi connectivity index (χ1n) is 7.24. The molecule has 1 atom stereocenters. The summed E-state index contributed by atoms with van der Waals surface area (Å²) in [6.45, 7) is 1.84. The van der Waals surface area contributed by atoms with E-state index in [1.807, 2.05) is 6.92 Å². The van der Waals surface area contributed by atoms with Crippen LogP contribution in [0.1, 0.15) is 30.8 Å². The summed E-state index contributed by atoms with van der Waals surface area (Å²) in [5.41, 5.74) is 0. The second-order valence-electron chi connectivity index (χ2n) is 5.06. The molecule has 0 saturated heterocycles. The average Bonchev–Trinajstić information content (AvgIpc) is 3.02. The van der Waals surface area contributed by atoms with Gasteiger partial charge in [0, 0.05) is 18.0 Å². The zero-order valence-corrected chi connectivity index (χ0v) is 14.2. The van der Waals surface area contributed by atoms with Gasteiger partial charge in [-0.05, 0) is 42.8 Å². The van der Waals surface area contributed by atoms with Gasteiger partial charge in [-0.1, -0.05) is 18.5 Å². The average molecular weight is 356 g/mol. The van der Waals surface area contributed by atoms with Crippen LogP contribution in [0.3, 0.4) is 0 Å². The molecule has 0 aliphatic rings. The van der Waals surface area contributed by atoms with E-state index in [4.69, 9.17) is 16.0 Å². The Bertz CT molecular complexity index is 739. The van der Waals surface area contributed by atoms with E-state index < -0.39 is 15.1 Å². The van der Waals surface area contributed by atoms with Crippen LogP contribution in [0.25, 0.3) is 0 Å². The van der Waals surface area contributed by atoms with Crippen LogP contribution < -0.4 is 5.32 Å². The third-order valence-corrected chi connectivity index (χ3v) is 5.67. The third kappa shape index (κ3) is 4.36. The number of furan rings is 1. The maximum Gasteiger partial charge on any atom is 0.220 e. The molecule has 124 valence electrons. The monoisotopic (exact) mass is 355 g/mol. The number of benzene rings is 1. The second kappa shape index (κ2) is 7.66. The first-order valence-corrected chi connectivity index (χ1v) is 9.17. The summed E-state index contributed by atoms with van der Waals surface area (Å²) >= 11 is 5.81. The van der Waals surface area contributed by atoms with Gasteiger partial charge in [-0.2, -0.15) is 0 Å². The fourth-order valence-electron chi connectivity index (χ4n) is 2.15. The Morgan fingerprint density at radius 3 is 2.52 bits per heavy atom. The third-order valence-electron chi connectivity index (χ3n) is 3.34. The van der Waals surface area contributed by atoms with Crippen molar-refractivity contribution in [2.45, 2.75) is 29.9 Å². The molecule has 0 aliphatic heterocycles. The van der Waals surface area contributed by atoms with E-state index in [0.29, 0.717) is 17.9 Å². The predicted molar refractivity (Wildman–Crippen MR) is 88.0 cm³/mol. The SMILES string of the molecule is CCCC(=O)NC[C@@H](c1ccco1)S(=O)(=O)c1ccc(Cl)cc1. The number of rotatable bonds is 7. The van der Waals surface area contributed by atoms with Crippen LogP contribution in [-0.4, -0.2) is 20.9 Å². The highest BCUT2D eigenvalue weighted by Crippen LogP contribution is 2.29. The Hall–Kier alpha value is -1.79. The minimum Gasteiger partial charge on any atom is -0.468 e. The number of hydrogen-bond acceptors (Lipinski definition) is 4. The van der Waals surface area contributed by atoms with Gasteiger partial charge in [0.05, 0.1) is 11.2 Å². The summed E-state index contributed by atoms with van der Waals surface area (Å²) in [7, 11) is -3.72. The number of amides is 1. The topological polar surface area (TPSA) is 76.4 Å². The lowest BCUT2D eigenvalue weighted by Gasteiger charge is -2.16. The minimum absolute atomic E-state index is 0.0443. The molecule has 7 heteroatoms. The summed E-state index contributed by atoms with van der Waals surface area (Å²) in [6, 6.07) is 9.13. The van der Waals surface area contributed by atoms with Crippen LogP contribution >= 0.6 is 11.6 Å². The quantitative estimate of drug-likeness (QED) is 0.826. The highest BCUT2D eigenvalue weighted by Gasteiger charge is 2.31. The van der Waals surface area contributed by atoms with Gasteiger partial charge in [0.1, 0.15) is 11.0 Å². The molecule has 1 aromatic heterocycles. The lowest BCUT2D eigenvalue weighted by molar-refractivity contribution is -0.121. The van der Waals surface area contributed by atoms with Crippen molar-refractivity contribution in [1.29, 1.82) is 0 Å². The Morgan fingerprint density at radius 2 is 1.96 bits per heavy atom. The van der Waals surface area contributed by atoms with Crippen LogP contribution in [0, 0.1) is 0 Å². The Balaban J connectivity index is 2.29. The number of hydrogen-bond donors (Lipinski definition) is 1. The van der Waals surface area contributed by atoms with Gasteiger partial charge in [0.15, 0.2) is 9.84 Å². The highest BCUT2D eigenvalue weighted by molar-refractivity contribution is 7.91. The van der Waals surface area contributed by atoms with Crippen LogP contribution in [0.5, 0.6) is 0 Å². The van der Waals surface area contributed by atoms with Crippen molar-refractivity contribution in [3.05, 3.63) is 53.4 Å². The standard InChI is InChI=1S/C16H18ClNO4S/c1-2-4-16(19)18-11-15(14-5-3-10-22-14)23(20,21)13-8-6-12(17)7-9-13/h3,5-10,15H,2,4,11H2,1H3,(H,18,19)/t15-/m0/s1. The molecule has 23 heavy (non-hydrogen) atoms. The fourth-order valence-corrected chi connectivity index (χ4v) is 3.86. The molecule has 0 saturated carbocycles. The van der Waals surface area contributed by atoms with Crippen LogP contribution in [-0.2, 0) is 14.6 Å². The van der Waals surface area contributed by atoms with Crippen molar-refractivity contribution < 1.29 is 17.6 Å². The molecule has 1 heterocycles. The first kappa shape index (κ1) is 17.6. The molecule has 0 bridgehead atoms. The number of carbonyl (C=O) groups is 1. The molecule has 1 aromatic carbocycles. The van der Waals surface area contributed by atoms with E-state index in [2.05, 4.69) is 5.32 Å². The van der Waals surface area contributed by atoms with Gasteiger partial charge in [0.2, 0.25) is 5.91 Å². The lowest BCUT2D eigenvalue weighted by Crippen LogP contribution is -2.31. The van der Waals surface area contributed by atoms with Crippen LogP contribution in [0.15, 0.2) is 52.0 Å². The van der Waals surface area contributed by atoms with Gasteiger partial charge in [-0.15, -0.1) is 0 Å². The summed E-state index contributed by atoms with van der Waals surface area (Å²) < 4.78 is 31.0. The number of carbonyl (C=O) groups excluding carboxylic acids is 1. The van der Waals surface area contributed by atoms with Crippen molar-refractivity contribution in [2.75, 3.05) is 6.54 Å². The van der Waals surface area contributed by atoms with Crippen LogP contribution in [0.2, 0.25) is 5.02 Å². The molecular formula is C16H18ClNO4S. The largest absolute Gasteiger partial charge is 0.468 e. The Morgan fingerprint density at radius 1 is 1.26 bits per heavy atom. The first-order chi connectivity index (χ1) is 10.9. The smallest absolute Gasteiger partial charge is 0.220 e. The molecule has 1 amide bonds. The Labute approximate surface area is 140 Å². The highest BCUT2D eigenvalue weighted by atomic mass is 35.5. The van der Waals surface area contributed by atoms with Crippen molar-refractivity contribution in [3.63, 3.8) is 0 Å². The van der Waals surface area contributed by atoms with Crippen molar-refractivity contribution in [2.24, 2.45) is 0 Å². The molecule has 0 radical (unpaired) electrons.